The average molecular weight is 247 g/mol. The monoisotopic (exact) mass is 247 g/mol. The number of nitrogens with one attached hydrogen (secondary N) is 1. The molecule has 0 bridgehead atoms. The summed E-state index contributed by atoms with van der Waals surface area (Å²) in [5, 5.41) is 2.87. The van der Waals surface area contributed by atoms with Crippen molar-refractivity contribution in [1.29, 1.82) is 0 Å². The van der Waals surface area contributed by atoms with E-state index in [0.29, 0.717) is 17.9 Å². The van der Waals surface area contributed by atoms with E-state index >= 15 is 0 Å². The highest BCUT2D eigenvalue weighted by Crippen LogP contribution is 2.08. The number of imidazole rings is 1. The number of aromatic nitrogens is 3. The number of carbonyl (C=O) groups excluding carboxylic acids is 1. The van der Waals surface area contributed by atoms with E-state index in [1.807, 2.05) is 10.8 Å². The van der Waals surface area contributed by atoms with Gasteiger partial charge in [0.05, 0.1) is 12.0 Å². The molecule has 0 unspecified atom stereocenters. The van der Waals surface area contributed by atoms with Crippen molar-refractivity contribution in [3.05, 3.63) is 36.7 Å². The molecule has 2 rings (SSSR count). The molecule has 6 heteroatoms. The Morgan fingerprint density at radius 1 is 1.56 bits per heavy atom. The molecule has 0 spiro atoms. The van der Waals surface area contributed by atoms with Crippen LogP contribution in [0.1, 0.15) is 16.9 Å². The number of amides is 1. The van der Waals surface area contributed by atoms with Crippen LogP contribution in [0.2, 0.25) is 0 Å². The highest BCUT2D eigenvalue weighted by atomic mass is 16.1. The maximum atomic E-state index is 11.8. The summed E-state index contributed by atoms with van der Waals surface area (Å²) >= 11 is 0. The number of carbonyl (C=O) groups is 1. The molecule has 0 radical (unpaired) electrons. The Morgan fingerprint density at radius 3 is 3.00 bits per heavy atom. The molecule has 0 aromatic carbocycles. The van der Waals surface area contributed by atoms with Gasteiger partial charge in [0.25, 0.3) is 5.91 Å². The van der Waals surface area contributed by atoms with E-state index in [2.05, 4.69) is 10.3 Å². The van der Waals surface area contributed by atoms with Crippen molar-refractivity contribution in [2.45, 2.75) is 13.0 Å². The van der Waals surface area contributed by atoms with Gasteiger partial charge in [-0.15, -0.1) is 0 Å². The van der Waals surface area contributed by atoms with Crippen LogP contribution in [0.25, 0.3) is 0 Å². The Labute approximate surface area is 105 Å². The summed E-state index contributed by atoms with van der Waals surface area (Å²) in [7, 11) is 1.80. The van der Waals surface area contributed by atoms with Gasteiger partial charge in [0.2, 0.25) is 0 Å². The topological polar surface area (TPSA) is 77.9 Å². The lowest BCUT2D eigenvalue weighted by Gasteiger charge is -2.06. The molecule has 6 nitrogen and oxygen atoms in total. The minimum atomic E-state index is -0.0974. The fourth-order valence-corrected chi connectivity index (χ4v) is 1.79. The zero-order valence-corrected chi connectivity index (χ0v) is 10.3. The van der Waals surface area contributed by atoms with Gasteiger partial charge in [-0.2, -0.15) is 0 Å². The number of nitrogens with zero attached hydrogens (tertiary/aromatic N) is 3. The molecular weight excluding hydrogens is 230 g/mol. The third-order valence-electron chi connectivity index (χ3n) is 2.70. The van der Waals surface area contributed by atoms with Crippen LogP contribution in [-0.4, -0.2) is 26.6 Å². The predicted molar refractivity (Wildman–Crippen MR) is 69.0 cm³/mol. The van der Waals surface area contributed by atoms with E-state index in [-0.39, 0.29) is 5.91 Å². The van der Waals surface area contributed by atoms with E-state index < -0.39 is 0 Å². The van der Waals surface area contributed by atoms with Crippen LogP contribution in [0.5, 0.6) is 0 Å². The van der Waals surface area contributed by atoms with E-state index in [9.17, 15) is 4.79 Å². The Bertz CT molecular complexity index is 515. The number of hydrogen-bond donors (Lipinski definition) is 2. The lowest BCUT2D eigenvalue weighted by atomic mass is 10.3. The summed E-state index contributed by atoms with van der Waals surface area (Å²) < 4.78 is 3.70. The lowest BCUT2D eigenvalue weighted by Crippen LogP contribution is -2.26. The lowest BCUT2D eigenvalue weighted by molar-refractivity contribution is 0.0944. The smallest absolute Gasteiger partial charge is 0.267 e. The van der Waals surface area contributed by atoms with Crippen molar-refractivity contribution in [1.82, 2.24) is 19.4 Å². The van der Waals surface area contributed by atoms with Gasteiger partial charge >= 0.3 is 0 Å². The Hall–Kier alpha value is -2.24. The molecule has 18 heavy (non-hydrogen) atoms. The van der Waals surface area contributed by atoms with Crippen LogP contribution < -0.4 is 11.1 Å². The number of nitrogen functional groups attached to an aromatic ring is 1. The Morgan fingerprint density at radius 2 is 2.39 bits per heavy atom. The van der Waals surface area contributed by atoms with Gasteiger partial charge < -0.3 is 20.2 Å². The van der Waals surface area contributed by atoms with Gasteiger partial charge in [0, 0.05) is 38.7 Å². The van der Waals surface area contributed by atoms with E-state index in [0.717, 1.165) is 13.0 Å². The number of rotatable bonds is 5. The molecule has 0 fully saturated rings. The fraction of sp³-hybridized carbons (Fsp3) is 0.333. The molecule has 0 saturated heterocycles. The zero-order chi connectivity index (χ0) is 13.0. The summed E-state index contributed by atoms with van der Waals surface area (Å²) in [5.41, 5.74) is 6.80. The number of anilines is 1. The van der Waals surface area contributed by atoms with Crippen molar-refractivity contribution in [3.63, 3.8) is 0 Å². The largest absolute Gasteiger partial charge is 0.397 e. The molecular formula is C12H17N5O. The van der Waals surface area contributed by atoms with Crippen molar-refractivity contribution in [2.75, 3.05) is 12.3 Å². The SMILES string of the molecule is Cn1cc(N)cc1C(=O)NCCCn1ccnc1. The van der Waals surface area contributed by atoms with Crippen molar-refractivity contribution in [3.8, 4) is 0 Å². The summed E-state index contributed by atoms with van der Waals surface area (Å²) in [4.78, 5) is 15.8. The maximum absolute atomic E-state index is 11.8. The third kappa shape index (κ3) is 2.91. The van der Waals surface area contributed by atoms with Crippen LogP contribution >= 0.6 is 0 Å². The molecule has 3 N–H and O–H groups in total. The summed E-state index contributed by atoms with van der Waals surface area (Å²) in [6.45, 7) is 1.47. The van der Waals surface area contributed by atoms with Crippen LogP contribution in [0.3, 0.4) is 0 Å². The first-order valence-corrected chi connectivity index (χ1v) is 5.82. The van der Waals surface area contributed by atoms with E-state index in [1.54, 1.807) is 36.4 Å². The fourth-order valence-electron chi connectivity index (χ4n) is 1.79. The summed E-state index contributed by atoms with van der Waals surface area (Å²) in [5.74, 6) is -0.0974. The molecule has 2 aromatic heterocycles. The summed E-state index contributed by atoms with van der Waals surface area (Å²) in [6.07, 6.45) is 7.99. The molecule has 0 atom stereocenters. The first-order chi connectivity index (χ1) is 8.66. The number of aryl methyl sites for hydroxylation is 2. The minimum Gasteiger partial charge on any atom is -0.397 e. The second kappa shape index (κ2) is 5.39. The molecule has 2 aromatic rings. The van der Waals surface area contributed by atoms with Gasteiger partial charge in [-0.3, -0.25) is 4.79 Å². The number of nitrogens with two attached hydrogens (primary N) is 1. The van der Waals surface area contributed by atoms with E-state index in [4.69, 9.17) is 5.73 Å². The van der Waals surface area contributed by atoms with Crippen molar-refractivity contribution >= 4 is 11.6 Å². The standard InChI is InChI=1S/C12H17N5O/c1-16-8-10(13)7-11(16)12(18)15-3-2-5-17-6-4-14-9-17/h4,6-9H,2-3,5,13H2,1H3,(H,15,18). The number of hydrogen-bond acceptors (Lipinski definition) is 3. The summed E-state index contributed by atoms with van der Waals surface area (Å²) in [6, 6.07) is 1.67. The zero-order valence-electron chi connectivity index (χ0n) is 10.3. The minimum absolute atomic E-state index is 0.0974. The van der Waals surface area contributed by atoms with Gasteiger partial charge in [-0.25, -0.2) is 4.98 Å². The highest BCUT2D eigenvalue weighted by Gasteiger charge is 2.09. The maximum Gasteiger partial charge on any atom is 0.267 e. The normalized spacial score (nSPS) is 10.5. The highest BCUT2D eigenvalue weighted by molar-refractivity contribution is 5.93. The van der Waals surface area contributed by atoms with Gasteiger partial charge in [-0.05, 0) is 12.5 Å². The quantitative estimate of drug-likeness (QED) is 0.760. The Balaban J connectivity index is 1.77. The molecule has 0 aliphatic heterocycles. The average Bonchev–Trinajstić information content (AvgIpc) is 2.94. The van der Waals surface area contributed by atoms with Crippen molar-refractivity contribution < 1.29 is 4.79 Å². The molecule has 0 saturated carbocycles. The second-order valence-electron chi connectivity index (χ2n) is 4.18. The molecule has 2 heterocycles. The predicted octanol–water partition coefficient (Wildman–Crippen LogP) is 0.624. The second-order valence-corrected chi connectivity index (χ2v) is 4.18. The van der Waals surface area contributed by atoms with Gasteiger partial charge in [-0.1, -0.05) is 0 Å². The van der Waals surface area contributed by atoms with Crippen LogP contribution in [0.15, 0.2) is 31.0 Å². The van der Waals surface area contributed by atoms with Crippen LogP contribution in [0.4, 0.5) is 5.69 Å². The molecule has 1 amide bonds. The van der Waals surface area contributed by atoms with Crippen LogP contribution in [0, 0.1) is 0 Å². The third-order valence-corrected chi connectivity index (χ3v) is 2.70. The van der Waals surface area contributed by atoms with Crippen molar-refractivity contribution in [2.24, 2.45) is 7.05 Å². The van der Waals surface area contributed by atoms with Crippen LogP contribution in [-0.2, 0) is 13.6 Å². The van der Waals surface area contributed by atoms with E-state index in [1.165, 1.54) is 0 Å². The molecule has 0 aliphatic rings. The molecule has 0 aliphatic carbocycles. The first kappa shape index (κ1) is 12.2. The molecule has 96 valence electrons. The Kier molecular flexibility index (Phi) is 3.66. The van der Waals surface area contributed by atoms with Gasteiger partial charge in [0.15, 0.2) is 0 Å². The van der Waals surface area contributed by atoms with Gasteiger partial charge in [0.1, 0.15) is 5.69 Å². The first-order valence-electron chi connectivity index (χ1n) is 5.82.